The van der Waals surface area contributed by atoms with Gasteiger partial charge in [-0.25, -0.2) is 13.1 Å². The van der Waals surface area contributed by atoms with Crippen LogP contribution in [0.15, 0.2) is 59.6 Å². The molecule has 0 atom stereocenters. The van der Waals surface area contributed by atoms with E-state index < -0.39 is 10.0 Å². The maximum atomic E-state index is 12.1. The van der Waals surface area contributed by atoms with Crippen LogP contribution in [0.1, 0.15) is 29.5 Å². The Bertz CT molecular complexity index is 1260. The third-order valence-corrected chi connectivity index (χ3v) is 7.46. The molecule has 8 heteroatoms. The summed E-state index contributed by atoms with van der Waals surface area (Å²) in [6, 6.07) is 13.4. The number of nitrogens with zero attached hydrogens (tertiary/aromatic N) is 1. The number of fused-ring (bicyclic) bond motifs is 2. The molecule has 0 fully saturated rings. The lowest BCUT2D eigenvalue weighted by Gasteiger charge is -2.29. The van der Waals surface area contributed by atoms with Gasteiger partial charge in [-0.2, -0.15) is 0 Å². The number of carbonyl (C=O) groups is 1. The van der Waals surface area contributed by atoms with Gasteiger partial charge in [-0.15, -0.1) is 0 Å². The minimum absolute atomic E-state index is 0.0886. The number of unbranched alkanes of at least 4 members (excludes halogenated alkanes) is 1. The Labute approximate surface area is 194 Å². The van der Waals surface area contributed by atoms with Gasteiger partial charge in [-0.3, -0.25) is 9.69 Å². The maximum absolute atomic E-state index is 12.1. The average molecular weight is 467 g/mol. The first-order valence-electron chi connectivity index (χ1n) is 11.3. The number of H-pyrrole nitrogens is 1. The predicted molar refractivity (Wildman–Crippen MR) is 131 cm³/mol. The molecule has 0 unspecified atom stereocenters. The molecular weight excluding hydrogens is 436 g/mol. The molecule has 2 heterocycles. The lowest BCUT2D eigenvalue weighted by Crippen LogP contribution is -2.32. The minimum Gasteiger partial charge on any atom is -0.361 e. The number of hydrogen-bond acceptors (Lipinski definition) is 4. The van der Waals surface area contributed by atoms with E-state index in [2.05, 4.69) is 19.9 Å². The Hall–Kier alpha value is -2.94. The first-order valence-corrected chi connectivity index (χ1v) is 12.7. The highest BCUT2D eigenvalue weighted by molar-refractivity contribution is 7.89. The number of benzene rings is 2. The summed E-state index contributed by atoms with van der Waals surface area (Å²) in [4.78, 5) is 17.9. The van der Waals surface area contributed by atoms with E-state index in [1.165, 1.54) is 12.6 Å². The zero-order valence-electron chi connectivity index (χ0n) is 18.8. The van der Waals surface area contributed by atoms with Crippen LogP contribution < -0.4 is 10.0 Å². The molecule has 1 aliphatic heterocycles. The van der Waals surface area contributed by atoms with Gasteiger partial charge in [0.05, 0.1) is 4.90 Å². The Kier molecular flexibility index (Phi) is 7.27. The molecule has 0 saturated heterocycles. The summed E-state index contributed by atoms with van der Waals surface area (Å²) in [6.07, 6.45) is 8.09. The minimum atomic E-state index is -3.43. The standard InChI is InChI=1S/C25H30N4O3S/c1-26-33(31,32)23-7-6-20-11-15-29(18-22(20)17-23)14-3-2-12-28-25(30)9-5-19-4-8-24-21(16-19)10-13-27-24/h4-10,13,16-17,26-27H,2-3,11-12,14-15,18H2,1H3,(H,28,30)/b9-5+. The van der Waals surface area contributed by atoms with Crippen molar-refractivity contribution in [1.29, 1.82) is 0 Å². The highest BCUT2D eigenvalue weighted by Gasteiger charge is 2.19. The van der Waals surface area contributed by atoms with E-state index in [9.17, 15) is 13.2 Å². The number of aromatic amines is 1. The highest BCUT2D eigenvalue weighted by Crippen LogP contribution is 2.22. The molecule has 0 bridgehead atoms. The monoisotopic (exact) mass is 466 g/mol. The summed E-state index contributed by atoms with van der Waals surface area (Å²) in [5.74, 6) is -0.0886. The Morgan fingerprint density at radius 1 is 1.12 bits per heavy atom. The van der Waals surface area contributed by atoms with Crippen molar-refractivity contribution in [2.75, 3.05) is 26.7 Å². The number of carbonyl (C=O) groups excluding carboxylic acids is 1. The molecule has 0 radical (unpaired) electrons. The Balaban J connectivity index is 1.19. The number of aromatic nitrogens is 1. The summed E-state index contributed by atoms with van der Waals surface area (Å²) in [6.45, 7) is 3.27. The fraction of sp³-hybridized carbons (Fsp3) is 0.320. The lowest BCUT2D eigenvalue weighted by molar-refractivity contribution is -0.116. The van der Waals surface area contributed by atoms with E-state index in [1.807, 2.05) is 42.6 Å². The van der Waals surface area contributed by atoms with Gasteiger partial charge in [0.15, 0.2) is 0 Å². The number of sulfonamides is 1. The Morgan fingerprint density at radius 3 is 2.85 bits per heavy atom. The summed E-state index contributed by atoms with van der Waals surface area (Å²) in [5.41, 5.74) is 4.37. The molecule has 1 aromatic heterocycles. The van der Waals surface area contributed by atoms with Gasteiger partial charge < -0.3 is 10.3 Å². The van der Waals surface area contributed by atoms with Crippen LogP contribution in [0, 0.1) is 0 Å². The smallest absolute Gasteiger partial charge is 0.243 e. The number of hydrogen-bond donors (Lipinski definition) is 3. The molecule has 3 N–H and O–H groups in total. The zero-order chi connectivity index (χ0) is 23.3. The second-order valence-electron chi connectivity index (χ2n) is 8.32. The van der Waals surface area contributed by atoms with Gasteiger partial charge in [0.2, 0.25) is 15.9 Å². The fourth-order valence-corrected chi connectivity index (χ4v) is 4.93. The van der Waals surface area contributed by atoms with E-state index in [0.29, 0.717) is 11.4 Å². The Morgan fingerprint density at radius 2 is 2.00 bits per heavy atom. The second-order valence-corrected chi connectivity index (χ2v) is 10.2. The van der Waals surface area contributed by atoms with E-state index in [0.717, 1.165) is 60.9 Å². The van der Waals surface area contributed by atoms with Gasteiger partial charge in [-0.1, -0.05) is 12.1 Å². The molecule has 7 nitrogen and oxygen atoms in total. The normalized spacial score (nSPS) is 14.6. The van der Waals surface area contributed by atoms with Crippen molar-refractivity contribution in [1.82, 2.24) is 19.9 Å². The molecule has 3 aromatic rings. The predicted octanol–water partition coefficient (Wildman–Crippen LogP) is 3.04. The zero-order valence-corrected chi connectivity index (χ0v) is 19.6. The topological polar surface area (TPSA) is 94.3 Å². The maximum Gasteiger partial charge on any atom is 0.243 e. The molecule has 1 aliphatic rings. The van der Waals surface area contributed by atoms with Crippen LogP contribution in [-0.4, -0.2) is 50.9 Å². The van der Waals surface area contributed by atoms with Gasteiger partial charge in [0.1, 0.15) is 0 Å². The van der Waals surface area contributed by atoms with Gasteiger partial charge in [-0.05, 0) is 91.3 Å². The highest BCUT2D eigenvalue weighted by atomic mass is 32.2. The van der Waals surface area contributed by atoms with E-state index in [1.54, 1.807) is 18.2 Å². The number of rotatable bonds is 9. The largest absolute Gasteiger partial charge is 0.361 e. The van der Waals surface area contributed by atoms with Crippen LogP contribution in [0.2, 0.25) is 0 Å². The van der Waals surface area contributed by atoms with Crippen LogP contribution in [0.3, 0.4) is 0 Å². The summed E-state index contributed by atoms with van der Waals surface area (Å²) in [7, 11) is -2.00. The molecule has 2 aromatic carbocycles. The van der Waals surface area contributed by atoms with Crippen molar-refractivity contribution in [2.45, 2.75) is 30.7 Å². The first-order chi connectivity index (χ1) is 15.9. The number of amides is 1. The lowest BCUT2D eigenvalue weighted by atomic mass is 10.00. The van der Waals surface area contributed by atoms with E-state index >= 15 is 0 Å². The number of nitrogens with one attached hydrogen (secondary N) is 3. The van der Waals surface area contributed by atoms with Crippen LogP contribution in [0.25, 0.3) is 17.0 Å². The van der Waals surface area contributed by atoms with Crippen LogP contribution >= 0.6 is 0 Å². The molecule has 4 rings (SSSR count). The van der Waals surface area contributed by atoms with Crippen molar-refractivity contribution >= 4 is 32.9 Å². The fourth-order valence-electron chi connectivity index (χ4n) is 4.15. The molecule has 174 valence electrons. The van der Waals surface area contributed by atoms with E-state index in [4.69, 9.17) is 0 Å². The molecule has 0 aliphatic carbocycles. The third-order valence-electron chi connectivity index (χ3n) is 6.05. The summed E-state index contributed by atoms with van der Waals surface area (Å²) >= 11 is 0. The quantitative estimate of drug-likeness (QED) is 0.334. The summed E-state index contributed by atoms with van der Waals surface area (Å²) in [5, 5.41) is 4.07. The molecular formula is C25H30N4O3S. The molecule has 33 heavy (non-hydrogen) atoms. The molecule has 0 spiro atoms. The first kappa shape index (κ1) is 23.2. The van der Waals surface area contributed by atoms with Gasteiger partial charge in [0, 0.05) is 37.4 Å². The van der Waals surface area contributed by atoms with Crippen LogP contribution in [-0.2, 0) is 27.8 Å². The van der Waals surface area contributed by atoms with Crippen molar-refractivity contribution in [3.05, 3.63) is 71.4 Å². The molecule has 1 amide bonds. The van der Waals surface area contributed by atoms with Crippen molar-refractivity contribution in [3.63, 3.8) is 0 Å². The second kappa shape index (κ2) is 10.3. The van der Waals surface area contributed by atoms with Gasteiger partial charge in [0.25, 0.3) is 0 Å². The van der Waals surface area contributed by atoms with Gasteiger partial charge >= 0.3 is 0 Å². The SMILES string of the molecule is CNS(=O)(=O)c1ccc2c(c1)CN(CCCCNC(=O)/C=C/c1ccc3[nH]ccc3c1)CC2. The van der Waals surface area contributed by atoms with Crippen LogP contribution in [0.5, 0.6) is 0 Å². The van der Waals surface area contributed by atoms with Crippen molar-refractivity contribution in [3.8, 4) is 0 Å². The average Bonchev–Trinajstić information content (AvgIpc) is 3.30. The summed E-state index contributed by atoms with van der Waals surface area (Å²) < 4.78 is 26.5. The van der Waals surface area contributed by atoms with E-state index in [-0.39, 0.29) is 5.91 Å². The third kappa shape index (κ3) is 5.90. The van der Waals surface area contributed by atoms with Crippen LogP contribution in [0.4, 0.5) is 0 Å². The molecule has 0 saturated carbocycles. The van der Waals surface area contributed by atoms with Crippen molar-refractivity contribution < 1.29 is 13.2 Å². The van der Waals surface area contributed by atoms with Crippen molar-refractivity contribution in [2.24, 2.45) is 0 Å².